The van der Waals surface area contributed by atoms with Gasteiger partial charge in [-0.05, 0) is 51.1 Å². The number of carbonyl (C=O) groups excluding carboxylic acids is 1. The number of hydrogen-bond acceptors (Lipinski definition) is 3. The molecule has 1 amide bonds. The second-order valence-corrected chi connectivity index (χ2v) is 6.89. The van der Waals surface area contributed by atoms with Crippen LogP contribution in [0.3, 0.4) is 0 Å². The van der Waals surface area contributed by atoms with Crippen LogP contribution in [0.25, 0.3) is 0 Å². The molecule has 1 heterocycles. The summed E-state index contributed by atoms with van der Waals surface area (Å²) >= 11 is 5.61. The molecule has 1 aromatic carbocycles. The Morgan fingerprint density at radius 3 is 2.32 bits per heavy atom. The zero-order valence-electron chi connectivity index (χ0n) is 13.8. The van der Waals surface area contributed by atoms with Crippen LogP contribution in [0.15, 0.2) is 36.5 Å². The summed E-state index contributed by atoms with van der Waals surface area (Å²) in [6.07, 6.45) is -3.19. The SMILES string of the molecule is CC(C)(C)Nc1ccc(C(=O)Nc2ccc(Cl)cc2C(F)(F)F)nc1. The Kier molecular flexibility index (Phi) is 5.27. The summed E-state index contributed by atoms with van der Waals surface area (Å²) in [4.78, 5) is 16.2. The molecule has 0 aliphatic rings. The first-order valence-corrected chi connectivity index (χ1v) is 7.76. The third kappa shape index (κ3) is 5.35. The van der Waals surface area contributed by atoms with Gasteiger partial charge in [0.15, 0.2) is 0 Å². The van der Waals surface area contributed by atoms with Gasteiger partial charge in [-0.3, -0.25) is 4.79 Å². The maximum atomic E-state index is 13.1. The predicted octanol–water partition coefficient (Wildman–Crippen LogP) is 5.22. The number of hydrogen-bond donors (Lipinski definition) is 2. The van der Waals surface area contributed by atoms with E-state index >= 15 is 0 Å². The topological polar surface area (TPSA) is 54.0 Å². The number of amides is 1. The van der Waals surface area contributed by atoms with Crippen LogP contribution < -0.4 is 10.6 Å². The number of halogens is 4. The first kappa shape index (κ1) is 19.1. The van der Waals surface area contributed by atoms with E-state index in [0.29, 0.717) is 5.69 Å². The van der Waals surface area contributed by atoms with Crippen LogP contribution in [0.1, 0.15) is 36.8 Å². The molecule has 0 aliphatic heterocycles. The molecule has 8 heteroatoms. The van der Waals surface area contributed by atoms with E-state index < -0.39 is 17.6 Å². The number of rotatable bonds is 3. The maximum absolute atomic E-state index is 13.1. The second-order valence-electron chi connectivity index (χ2n) is 6.45. The average molecular weight is 372 g/mol. The second kappa shape index (κ2) is 6.92. The zero-order valence-corrected chi connectivity index (χ0v) is 14.6. The van der Waals surface area contributed by atoms with E-state index in [1.165, 1.54) is 18.3 Å². The first-order chi connectivity index (χ1) is 11.5. The normalized spacial score (nSPS) is 12.0. The van der Waals surface area contributed by atoms with Crippen molar-refractivity contribution in [2.75, 3.05) is 10.6 Å². The lowest BCUT2D eigenvalue weighted by Gasteiger charge is -2.21. The van der Waals surface area contributed by atoms with Gasteiger partial charge in [0.1, 0.15) is 5.69 Å². The number of carbonyl (C=O) groups is 1. The smallest absolute Gasteiger partial charge is 0.379 e. The van der Waals surface area contributed by atoms with Crippen molar-refractivity contribution in [2.45, 2.75) is 32.5 Å². The Hall–Kier alpha value is -2.28. The summed E-state index contributed by atoms with van der Waals surface area (Å²) in [5, 5.41) is 5.33. The van der Waals surface area contributed by atoms with Crippen molar-refractivity contribution in [3.63, 3.8) is 0 Å². The summed E-state index contributed by atoms with van der Waals surface area (Å²) in [5.74, 6) is -0.741. The Labute approximate surface area is 148 Å². The molecule has 25 heavy (non-hydrogen) atoms. The third-order valence-electron chi connectivity index (χ3n) is 3.05. The van der Waals surface area contributed by atoms with Gasteiger partial charge >= 0.3 is 6.18 Å². The highest BCUT2D eigenvalue weighted by Gasteiger charge is 2.34. The molecule has 0 unspecified atom stereocenters. The number of nitrogens with one attached hydrogen (secondary N) is 2. The molecule has 0 atom stereocenters. The number of alkyl halides is 3. The van der Waals surface area contributed by atoms with E-state index in [-0.39, 0.29) is 21.9 Å². The quantitative estimate of drug-likeness (QED) is 0.778. The lowest BCUT2D eigenvalue weighted by atomic mass is 10.1. The van der Waals surface area contributed by atoms with Gasteiger partial charge in [-0.25, -0.2) is 4.98 Å². The molecule has 0 saturated heterocycles. The van der Waals surface area contributed by atoms with Crippen LogP contribution in [-0.2, 0) is 6.18 Å². The van der Waals surface area contributed by atoms with Crippen LogP contribution in [-0.4, -0.2) is 16.4 Å². The number of nitrogens with zero attached hydrogens (tertiary/aromatic N) is 1. The lowest BCUT2D eigenvalue weighted by molar-refractivity contribution is -0.136. The number of benzene rings is 1. The summed E-state index contributed by atoms with van der Waals surface area (Å²) in [6, 6.07) is 6.22. The molecule has 2 N–H and O–H groups in total. The van der Waals surface area contributed by atoms with Crippen molar-refractivity contribution in [3.8, 4) is 0 Å². The number of pyridine rings is 1. The minimum Gasteiger partial charge on any atom is -0.379 e. The minimum atomic E-state index is -4.64. The van der Waals surface area contributed by atoms with E-state index in [0.717, 1.165) is 12.1 Å². The minimum absolute atomic E-state index is 0.00235. The van der Waals surface area contributed by atoms with Gasteiger partial charge in [-0.2, -0.15) is 13.2 Å². The predicted molar refractivity (Wildman–Crippen MR) is 92.0 cm³/mol. The Bertz CT molecular complexity index is 768. The van der Waals surface area contributed by atoms with Crippen molar-refractivity contribution in [2.24, 2.45) is 0 Å². The fourth-order valence-corrected chi connectivity index (χ4v) is 2.25. The van der Waals surface area contributed by atoms with Crippen molar-refractivity contribution in [1.82, 2.24) is 4.98 Å². The van der Waals surface area contributed by atoms with Crippen molar-refractivity contribution >= 4 is 28.9 Å². The molecule has 0 fully saturated rings. The highest BCUT2D eigenvalue weighted by molar-refractivity contribution is 6.30. The van der Waals surface area contributed by atoms with Crippen LogP contribution in [0.5, 0.6) is 0 Å². The lowest BCUT2D eigenvalue weighted by Crippen LogP contribution is -2.26. The van der Waals surface area contributed by atoms with Gasteiger partial charge in [0.05, 0.1) is 23.1 Å². The van der Waals surface area contributed by atoms with Gasteiger partial charge in [0.2, 0.25) is 0 Å². The molecule has 0 radical (unpaired) electrons. The maximum Gasteiger partial charge on any atom is 0.418 e. The van der Waals surface area contributed by atoms with Crippen LogP contribution in [0.4, 0.5) is 24.5 Å². The highest BCUT2D eigenvalue weighted by Crippen LogP contribution is 2.36. The Morgan fingerprint density at radius 2 is 1.80 bits per heavy atom. The summed E-state index contributed by atoms with van der Waals surface area (Å²) in [5.41, 5.74) is -0.870. The fourth-order valence-electron chi connectivity index (χ4n) is 2.08. The van der Waals surface area contributed by atoms with Crippen LogP contribution in [0, 0.1) is 0 Å². The Balaban J connectivity index is 2.20. The molecule has 134 valence electrons. The molecule has 0 spiro atoms. The standard InChI is InChI=1S/C17H17ClF3N3O/c1-16(2,3)24-11-5-7-14(22-9-11)15(25)23-13-6-4-10(18)8-12(13)17(19,20)21/h4-9,24H,1-3H3,(H,23,25). The molecule has 0 bridgehead atoms. The molecule has 2 aromatic rings. The fraction of sp³-hybridized carbons (Fsp3) is 0.294. The van der Waals surface area contributed by atoms with Gasteiger partial charge in [-0.15, -0.1) is 0 Å². The summed E-state index contributed by atoms with van der Waals surface area (Å²) in [7, 11) is 0. The van der Waals surface area contributed by atoms with Crippen LogP contribution in [0.2, 0.25) is 5.02 Å². The largest absolute Gasteiger partial charge is 0.418 e. The van der Waals surface area contributed by atoms with Gasteiger partial charge in [0, 0.05) is 10.6 Å². The molecule has 1 aromatic heterocycles. The zero-order chi connectivity index (χ0) is 18.8. The van der Waals surface area contributed by atoms with Crippen LogP contribution >= 0.6 is 11.6 Å². The number of aromatic nitrogens is 1. The van der Waals surface area contributed by atoms with Gasteiger partial charge < -0.3 is 10.6 Å². The van der Waals surface area contributed by atoms with Crippen molar-refractivity contribution in [3.05, 3.63) is 52.8 Å². The first-order valence-electron chi connectivity index (χ1n) is 7.38. The van der Waals surface area contributed by atoms with Gasteiger partial charge in [-0.1, -0.05) is 11.6 Å². The highest BCUT2D eigenvalue weighted by atomic mass is 35.5. The van der Waals surface area contributed by atoms with Crippen molar-refractivity contribution in [1.29, 1.82) is 0 Å². The Morgan fingerprint density at radius 1 is 1.12 bits per heavy atom. The molecular weight excluding hydrogens is 355 g/mol. The summed E-state index contributed by atoms with van der Waals surface area (Å²) < 4.78 is 39.2. The summed E-state index contributed by atoms with van der Waals surface area (Å²) in [6.45, 7) is 5.90. The monoisotopic (exact) mass is 371 g/mol. The molecule has 0 aliphatic carbocycles. The third-order valence-corrected chi connectivity index (χ3v) is 3.29. The van der Waals surface area contributed by atoms with E-state index in [2.05, 4.69) is 15.6 Å². The number of anilines is 2. The van der Waals surface area contributed by atoms with Crippen molar-refractivity contribution < 1.29 is 18.0 Å². The molecule has 4 nitrogen and oxygen atoms in total. The molecule has 0 saturated carbocycles. The van der Waals surface area contributed by atoms with E-state index in [9.17, 15) is 18.0 Å². The van der Waals surface area contributed by atoms with E-state index in [4.69, 9.17) is 11.6 Å². The van der Waals surface area contributed by atoms with E-state index in [1.54, 1.807) is 6.07 Å². The van der Waals surface area contributed by atoms with Gasteiger partial charge in [0.25, 0.3) is 5.91 Å². The average Bonchev–Trinajstić information content (AvgIpc) is 2.47. The molecular formula is C17H17ClF3N3O. The van der Waals surface area contributed by atoms with E-state index in [1.807, 2.05) is 20.8 Å². The molecule has 2 rings (SSSR count).